The van der Waals surface area contributed by atoms with Crippen molar-refractivity contribution in [1.82, 2.24) is 0 Å². The largest absolute Gasteiger partial charge is 0.755 e. The molecule has 1 aromatic heterocycles. The maximum absolute atomic E-state index is 12.9. The van der Waals surface area contributed by atoms with E-state index in [-0.39, 0.29) is 45.0 Å². The zero-order chi connectivity index (χ0) is 26.4. The number of anilines is 2. The van der Waals surface area contributed by atoms with Crippen LogP contribution in [0.1, 0.15) is 10.4 Å². The molecule has 0 fully saturated rings. The first-order valence-electron chi connectivity index (χ1n) is 10.7. The zero-order valence-electron chi connectivity index (χ0n) is 19.1. The highest BCUT2D eigenvalue weighted by Crippen LogP contribution is 2.36. The molecule has 37 heavy (non-hydrogen) atoms. The van der Waals surface area contributed by atoms with Gasteiger partial charge in [0.15, 0.2) is 0 Å². The minimum atomic E-state index is -3.79. The lowest BCUT2D eigenvalue weighted by atomic mass is 10.2. The quantitative estimate of drug-likeness (QED) is 0.207. The van der Waals surface area contributed by atoms with Crippen molar-refractivity contribution < 1.29 is 36.6 Å². The molecular weight excluding hydrogens is 538 g/mol. The molecule has 0 bridgehead atoms. The van der Waals surface area contributed by atoms with E-state index in [2.05, 4.69) is 0 Å². The number of carboxylic acids is 1. The molecule has 12 heteroatoms. The summed E-state index contributed by atoms with van der Waals surface area (Å²) < 4.78 is 61.9. The van der Waals surface area contributed by atoms with Crippen LogP contribution in [0.2, 0.25) is 0 Å². The van der Waals surface area contributed by atoms with Crippen molar-refractivity contribution in [1.29, 1.82) is 0 Å². The molecule has 1 unspecified atom stereocenters. The third-order valence-electron chi connectivity index (χ3n) is 5.07. The molecule has 0 saturated heterocycles. The summed E-state index contributed by atoms with van der Waals surface area (Å²) in [6, 6.07) is 21.7. The van der Waals surface area contributed by atoms with Gasteiger partial charge >= 0.3 is 5.97 Å². The second-order valence-corrected chi connectivity index (χ2v) is 11.1. The lowest BCUT2D eigenvalue weighted by Crippen LogP contribution is -2.18. The summed E-state index contributed by atoms with van der Waals surface area (Å²) in [7, 11) is -3.79. The van der Waals surface area contributed by atoms with E-state index in [9.17, 15) is 27.1 Å². The normalized spacial score (nSPS) is 12.0. The van der Waals surface area contributed by atoms with Gasteiger partial charge in [-0.05, 0) is 54.6 Å². The topological polar surface area (TPSA) is 133 Å². The van der Waals surface area contributed by atoms with Crippen molar-refractivity contribution >= 4 is 49.1 Å². The Morgan fingerprint density at radius 3 is 2.24 bits per heavy atom. The molecule has 0 amide bonds. The minimum absolute atomic E-state index is 0.00132. The lowest BCUT2D eigenvalue weighted by molar-refractivity contribution is 0.0691. The van der Waals surface area contributed by atoms with Gasteiger partial charge in [0.2, 0.25) is 9.84 Å². The fourth-order valence-corrected chi connectivity index (χ4v) is 6.62. The number of sulfone groups is 1. The number of nitrogens with zero attached hydrogens (tertiary/aromatic N) is 1. The van der Waals surface area contributed by atoms with E-state index < -0.39 is 27.1 Å². The molecule has 9 nitrogen and oxygen atoms in total. The summed E-state index contributed by atoms with van der Waals surface area (Å²) in [4.78, 5) is 11.4. The van der Waals surface area contributed by atoms with E-state index in [4.69, 9.17) is 9.47 Å². The molecule has 1 atom stereocenters. The Hall–Kier alpha value is -3.71. The molecule has 4 rings (SSSR count). The molecule has 0 aliphatic heterocycles. The molecule has 0 aliphatic carbocycles. The smallest absolute Gasteiger partial charge is 0.339 e. The van der Waals surface area contributed by atoms with Crippen molar-refractivity contribution in [3.8, 4) is 11.5 Å². The molecule has 192 valence electrons. The first kappa shape index (κ1) is 26.4. The van der Waals surface area contributed by atoms with Gasteiger partial charge in [-0.2, -0.15) is 0 Å². The van der Waals surface area contributed by atoms with E-state index in [1.165, 1.54) is 41.8 Å². The number of hydrogen-bond acceptors (Lipinski definition) is 8. The van der Waals surface area contributed by atoms with Crippen LogP contribution in [0.15, 0.2) is 100 Å². The molecule has 1 N–H and O–H groups in total. The maximum atomic E-state index is 12.9. The van der Waals surface area contributed by atoms with E-state index in [0.717, 1.165) is 15.6 Å². The highest BCUT2D eigenvalue weighted by atomic mass is 32.2. The zero-order valence-corrected chi connectivity index (χ0v) is 21.5. The lowest BCUT2D eigenvalue weighted by Gasteiger charge is -2.24. The average Bonchev–Trinajstić information content (AvgIpc) is 3.38. The third-order valence-corrected chi connectivity index (χ3v) is 8.71. The van der Waals surface area contributed by atoms with Crippen LogP contribution in [0, 0.1) is 0 Å². The average molecular weight is 559 g/mol. The van der Waals surface area contributed by atoms with Crippen LogP contribution in [0.5, 0.6) is 11.5 Å². The second kappa shape index (κ2) is 11.6. The van der Waals surface area contributed by atoms with Crippen molar-refractivity contribution in [3.05, 3.63) is 95.9 Å². The minimum Gasteiger partial charge on any atom is -0.755 e. The maximum Gasteiger partial charge on any atom is 0.339 e. The number of thiophene rings is 1. The van der Waals surface area contributed by atoms with Crippen molar-refractivity contribution in [2.24, 2.45) is 0 Å². The van der Waals surface area contributed by atoms with Crippen LogP contribution in [0.25, 0.3) is 0 Å². The molecule has 4 aromatic rings. The third kappa shape index (κ3) is 6.17. The van der Waals surface area contributed by atoms with Crippen LogP contribution < -0.4 is 13.8 Å². The second-order valence-electron chi connectivity index (χ2n) is 7.44. The van der Waals surface area contributed by atoms with E-state index >= 15 is 0 Å². The Bertz CT molecular complexity index is 1500. The summed E-state index contributed by atoms with van der Waals surface area (Å²) in [6.07, 6.45) is 0. The molecule has 0 spiro atoms. The first-order valence-corrected chi connectivity index (χ1v) is 14.1. The van der Waals surface area contributed by atoms with Crippen LogP contribution in [-0.2, 0) is 21.1 Å². The van der Waals surface area contributed by atoms with Gasteiger partial charge in [0.1, 0.15) is 35.3 Å². The van der Waals surface area contributed by atoms with Gasteiger partial charge in [0.05, 0.1) is 26.7 Å². The fourth-order valence-electron chi connectivity index (χ4n) is 3.34. The van der Waals surface area contributed by atoms with E-state index in [0.29, 0.717) is 5.75 Å². The summed E-state index contributed by atoms with van der Waals surface area (Å²) in [5, 5.41) is 10.8. The standard InChI is InChI=1S/C25H21NO8S3/c27-25(28)22-8-4-5-9-23(22)34-15-14-33-19-12-10-18(11-13-19)26(36(29)30)24-16-21(17-35-24)37(31,32)20-6-2-1-3-7-20/h1-13,16-17H,14-15H2,(H,27,28)(H,29,30)/p-1. The molecule has 1 heterocycles. The highest BCUT2D eigenvalue weighted by molar-refractivity contribution is 7.91. The number of ether oxygens (including phenoxy) is 2. The molecule has 0 aliphatic rings. The van der Waals surface area contributed by atoms with Crippen LogP contribution in [0.4, 0.5) is 10.7 Å². The summed E-state index contributed by atoms with van der Waals surface area (Å²) >= 11 is -1.73. The van der Waals surface area contributed by atoms with E-state index in [1.54, 1.807) is 48.5 Å². The Morgan fingerprint density at radius 1 is 0.919 bits per heavy atom. The molecule has 0 radical (unpaired) electrons. The Balaban J connectivity index is 1.42. The summed E-state index contributed by atoms with van der Waals surface area (Å²) in [5.41, 5.74) is 0.337. The van der Waals surface area contributed by atoms with Gasteiger partial charge in [0, 0.05) is 5.38 Å². The van der Waals surface area contributed by atoms with Crippen LogP contribution in [0.3, 0.4) is 0 Å². The number of hydrogen-bond donors (Lipinski definition) is 1. The molecule has 3 aromatic carbocycles. The van der Waals surface area contributed by atoms with Gasteiger partial charge in [0.25, 0.3) is 0 Å². The summed E-state index contributed by atoms with van der Waals surface area (Å²) in [6.45, 7) is 0.215. The summed E-state index contributed by atoms with van der Waals surface area (Å²) in [5.74, 6) is -0.427. The molecule has 0 saturated carbocycles. The number of para-hydroxylation sites is 1. The SMILES string of the molecule is O=C(O)c1ccccc1OCCOc1ccc(N(c2cc(S(=O)(=O)c3ccccc3)cs2)S(=O)[O-])cc1. The number of rotatable bonds is 11. The molecular formula is C25H20NO8S3-. The number of carboxylic acid groups (broad SMARTS) is 1. The van der Waals surface area contributed by atoms with Gasteiger partial charge in [-0.15, -0.1) is 11.3 Å². The Labute approximate surface area is 219 Å². The van der Waals surface area contributed by atoms with Crippen molar-refractivity contribution in [2.45, 2.75) is 9.79 Å². The predicted molar refractivity (Wildman–Crippen MR) is 138 cm³/mol. The van der Waals surface area contributed by atoms with Crippen molar-refractivity contribution in [3.63, 3.8) is 0 Å². The fraction of sp³-hybridized carbons (Fsp3) is 0.0800. The van der Waals surface area contributed by atoms with Crippen LogP contribution in [-0.4, -0.2) is 41.5 Å². The Morgan fingerprint density at radius 2 is 1.57 bits per heavy atom. The van der Waals surface area contributed by atoms with Gasteiger partial charge < -0.3 is 19.1 Å². The van der Waals surface area contributed by atoms with E-state index in [1.807, 2.05) is 0 Å². The number of carbonyl (C=O) groups is 1. The first-order chi connectivity index (χ1) is 17.8. The highest BCUT2D eigenvalue weighted by Gasteiger charge is 2.22. The number of aromatic carboxylic acids is 1. The predicted octanol–water partition coefficient (Wildman–Crippen LogP) is 4.67. The van der Waals surface area contributed by atoms with Crippen molar-refractivity contribution in [2.75, 3.05) is 17.5 Å². The Kier molecular flexibility index (Phi) is 8.24. The van der Waals surface area contributed by atoms with Gasteiger partial charge in [-0.3, -0.25) is 8.51 Å². The van der Waals surface area contributed by atoms with Gasteiger partial charge in [-0.25, -0.2) is 13.2 Å². The number of benzene rings is 3. The van der Waals surface area contributed by atoms with Gasteiger partial charge in [-0.1, -0.05) is 30.3 Å². The van der Waals surface area contributed by atoms with Crippen LogP contribution >= 0.6 is 11.3 Å². The monoisotopic (exact) mass is 558 g/mol.